The zero-order valence-corrected chi connectivity index (χ0v) is 23.1. The van der Waals surface area contributed by atoms with E-state index in [2.05, 4.69) is 15.3 Å². The summed E-state index contributed by atoms with van der Waals surface area (Å²) in [6.45, 7) is 2.76. The number of halogens is 2. The molecule has 0 bridgehead atoms. The summed E-state index contributed by atoms with van der Waals surface area (Å²) in [7, 11) is 0. The molecule has 2 N–H and O–H groups in total. The van der Waals surface area contributed by atoms with Gasteiger partial charge in [-0.25, -0.2) is 19.2 Å². The van der Waals surface area contributed by atoms with Crippen LogP contribution in [0.4, 0.5) is 16.0 Å². The van der Waals surface area contributed by atoms with Crippen LogP contribution >= 0.6 is 11.6 Å². The van der Waals surface area contributed by atoms with Crippen LogP contribution in [-0.4, -0.2) is 57.8 Å². The van der Waals surface area contributed by atoms with Crippen LogP contribution in [0.3, 0.4) is 0 Å². The number of carboxylic acid groups (broad SMARTS) is 1. The molecule has 11 heteroatoms. The Bertz CT molecular complexity index is 1630. The van der Waals surface area contributed by atoms with Crippen molar-refractivity contribution in [2.45, 2.75) is 38.3 Å². The number of benzene rings is 2. The van der Waals surface area contributed by atoms with Gasteiger partial charge in [-0.05, 0) is 42.7 Å². The van der Waals surface area contributed by atoms with Crippen molar-refractivity contribution in [3.8, 4) is 5.69 Å². The first-order valence-corrected chi connectivity index (χ1v) is 14.2. The molecule has 41 heavy (non-hydrogen) atoms. The third-order valence-corrected chi connectivity index (χ3v) is 8.34. The summed E-state index contributed by atoms with van der Waals surface area (Å²) in [5.41, 5.74) is 0.920. The number of carboxylic acids is 1. The van der Waals surface area contributed by atoms with Gasteiger partial charge < -0.3 is 24.8 Å². The summed E-state index contributed by atoms with van der Waals surface area (Å²) >= 11 is 6.91. The molecule has 1 aliphatic heterocycles. The fourth-order valence-electron chi connectivity index (χ4n) is 5.80. The van der Waals surface area contributed by atoms with Gasteiger partial charge in [-0.15, -0.1) is 0 Å². The van der Waals surface area contributed by atoms with Crippen molar-refractivity contribution in [3.63, 3.8) is 0 Å². The van der Waals surface area contributed by atoms with E-state index in [0.717, 1.165) is 18.2 Å². The summed E-state index contributed by atoms with van der Waals surface area (Å²) in [5, 5.41) is 13.3. The van der Waals surface area contributed by atoms with Crippen LogP contribution in [0.2, 0.25) is 5.02 Å². The molecule has 0 unspecified atom stereocenters. The highest BCUT2D eigenvalue weighted by atomic mass is 35.5. The molecule has 0 atom stereocenters. The minimum atomic E-state index is -1.39. The summed E-state index contributed by atoms with van der Waals surface area (Å²) in [6, 6.07) is 11.0. The van der Waals surface area contributed by atoms with E-state index in [1.54, 1.807) is 23.0 Å². The highest BCUT2D eigenvalue weighted by molar-refractivity contribution is 6.38. The van der Waals surface area contributed by atoms with Gasteiger partial charge in [-0.2, -0.15) is 0 Å². The van der Waals surface area contributed by atoms with Crippen molar-refractivity contribution in [1.82, 2.24) is 19.9 Å². The first kappa shape index (κ1) is 27.2. The van der Waals surface area contributed by atoms with E-state index in [9.17, 15) is 14.7 Å². The average molecular weight is 577 g/mol. The summed E-state index contributed by atoms with van der Waals surface area (Å²) in [5.74, 6) is -1.46. The van der Waals surface area contributed by atoms with E-state index < -0.39 is 22.8 Å². The SMILES string of the molecule is O=C(O)c1cn(-c2ccc(CNC3CCCC3)cc2)c2c(Cl)c(N3CCN(c4ncccn4)CC3)c(F)cc2c1=O. The van der Waals surface area contributed by atoms with Gasteiger partial charge in [-0.3, -0.25) is 4.79 Å². The fourth-order valence-corrected chi connectivity index (χ4v) is 6.20. The van der Waals surface area contributed by atoms with E-state index in [1.807, 2.05) is 34.1 Å². The van der Waals surface area contributed by atoms with E-state index in [1.165, 1.54) is 31.9 Å². The van der Waals surface area contributed by atoms with Crippen LogP contribution < -0.4 is 20.5 Å². The molecular formula is C30H30ClFN6O3. The largest absolute Gasteiger partial charge is 0.477 e. The van der Waals surface area contributed by atoms with Crippen molar-refractivity contribution >= 4 is 40.1 Å². The number of carbonyl (C=O) groups is 1. The first-order valence-electron chi connectivity index (χ1n) is 13.8. The second-order valence-electron chi connectivity index (χ2n) is 10.5. The predicted octanol–water partition coefficient (Wildman–Crippen LogP) is 4.63. The Morgan fingerprint density at radius 1 is 1.05 bits per heavy atom. The maximum atomic E-state index is 15.6. The molecule has 0 amide bonds. The Morgan fingerprint density at radius 2 is 1.71 bits per heavy atom. The van der Waals surface area contributed by atoms with Gasteiger partial charge in [0.25, 0.3) is 0 Å². The quantitative estimate of drug-likeness (QED) is 0.328. The summed E-state index contributed by atoms with van der Waals surface area (Å²) in [6.07, 6.45) is 9.51. The predicted molar refractivity (Wildman–Crippen MR) is 157 cm³/mol. The van der Waals surface area contributed by atoms with E-state index in [0.29, 0.717) is 43.9 Å². The molecule has 1 aliphatic carbocycles. The molecule has 3 heterocycles. The fraction of sp³-hybridized carbons (Fsp3) is 0.333. The van der Waals surface area contributed by atoms with Gasteiger partial charge in [0.2, 0.25) is 11.4 Å². The molecule has 0 radical (unpaired) electrons. The number of aromatic nitrogens is 3. The van der Waals surface area contributed by atoms with E-state index in [-0.39, 0.29) is 21.6 Å². The number of anilines is 2. The number of nitrogens with one attached hydrogen (secondary N) is 1. The molecule has 1 saturated carbocycles. The van der Waals surface area contributed by atoms with Crippen LogP contribution in [-0.2, 0) is 6.54 Å². The van der Waals surface area contributed by atoms with Gasteiger partial charge in [-0.1, -0.05) is 36.6 Å². The lowest BCUT2D eigenvalue weighted by molar-refractivity contribution is 0.0695. The molecule has 1 saturated heterocycles. The molecule has 212 valence electrons. The number of nitrogens with zero attached hydrogens (tertiary/aromatic N) is 5. The molecule has 2 aliphatic rings. The van der Waals surface area contributed by atoms with E-state index >= 15 is 4.39 Å². The number of fused-ring (bicyclic) bond motifs is 1. The normalized spacial score (nSPS) is 16.0. The number of hydrogen-bond donors (Lipinski definition) is 2. The third-order valence-electron chi connectivity index (χ3n) is 7.98. The van der Waals surface area contributed by atoms with Gasteiger partial charge in [0.15, 0.2) is 0 Å². The number of piperazine rings is 1. The maximum Gasteiger partial charge on any atom is 0.341 e. The van der Waals surface area contributed by atoms with Crippen LogP contribution in [0.15, 0.2) is 59.8 Å². The molecule has 2 aromatic carbocycles. The lowest BCUT2D eigenvalue weighted by Crippen LogP contribution is -2.47. The monoisotopic (exact) mass is 576 g/mol. The standard InChI is InChI=1S/C30H30ClFN6O3/c31-25-26-22(16-24(32)27(25)36-12-14-37(15-13-36)30-33-10-3-11-34-30)28(39)23(29(40)41)18-38(26)21-8-6-19(7-9-21)17-35-20-4-1-2-5-20/h3,6-11,16,18,20,35H,1-2,4-5,12-15,17H2,(H,40,41). The second-order valence-corrected chi connectivity index (χ2v) is 10.9. The van der Waals surface area contributed by atoms with Crippen molar-refractivity contribution < 1.29 is 14.3 Å². The zero-order chi connectivity index (χ0) is 28.5. The van der Waals surface area contributed by atoms with Crippen LogP contribution in [0.1, 0.15) is 41.6 Å². The molecule has 9 nitrogen and oxygen atoms in total. The van der Waals surface area contributed by atoms with Crippen molar-refractivity contribution in [2.75, 3.05) is 36.0 Å². The smallest absolute Gasteiger partial charge is 0.341 e. The van der Waals surface area contributed by atoms with Gasteiger partial charge in [0, 0.05) is 63.0 Å². The highest BCUT2D eigenvalue weighted by Crippen LogP contribution is 2.37. The first-order chi connectivity index (χ1) is 19.9. The van der Waals surface area contributed by atoms with Crippen LogP contribution in [0, 0.1) is 5.82 Å². The number of rotatable bonds is 7. The van der Waals surface area contributed by atoms with Crippen LogP contribution in [0.25, 0.3) is 16.6 Å². The highest BCUT2D eigenvalue weighted by Gasteiger charge is 2.27. The molecule has 0 spiro atoms. The topological polar surface area (TPSA) is 104 Å². The third kappa shape index (κ3) is 5.37. The van der Waals surface area contributed by atoms with Gasteiger partial charge in [0.05, 0.1) is 21.6 Å². The molecule has 2 fully saturated rings. The van der Waals surface area contributed by atoms with Crippen LogP contribution in [0.5, 0.6) is 0 Å². The van der Waals surface area contributed by atoms with Crippen molar-refractivity contribution in [3.05, 3.63) is 87.2 Å². The van der Waals surface area contributed by atoms with Gasteiger partial charge >= 0.3 is 5.97 Å². The lowest BCUT2D eigenvalue weighted by Gasteiger charge is -2.36. The summed E-state index contributed by atoms with van der Waals surface area (Å²) in [4.78, 5) is 37.6. The minimum absolute atomic E-state index is 0.0606. The average Bonchev–Trinajstić information content (AvgIpc) is 3.51. The molecule has 6 rings (SSSR count). The Hall–Kier alpha value is -4.02. The van der Waals surface area contributed by atoms with Crippen molar-refractivity contribution in [1.29, 1.82) is 0 Å². The second kappa shape index (κ2) is 11.5. The van der Waals surface area contributed by atoms with Crippen molar-refractivity contribution in [2.24, 2.45) is 0 Å². The summed E-state index contributed by atoms with van der Waals surface area (Å²) < 4.78 is 17.2. The maximum absolute atomic E-state index is 15.6. The number of aromatic carboxylic acids is 1. The minimum Gasteiger partial charge on any atom is -0.477 e. The lowest BCUT2D eigenvalue weighted by atomic mass is 10.1. The number of hydrogen-bond acceptors (Lipinski definition) is 7. The Balaban J connectivity index is 1.37. The van der Waals surface area contributed by atoms with Gasteiger partial charge in [0.1, 0.15) is 11.4 Å². The number of pyridine rings is 1. The molecule has 2 aromatic heterocycles. The molecule has 4 aromatic rings. The Morgan fingerprint density at radius 3 is 2.37 bits per heavy atom. The molecular weight excluding hydrogens is 547 g/mol. The Kier molecular flexibility index (Phi) is 7.59. The zero-order valence-electron chi connectivity index (χ0n) is 22.4. The Labute approximate surface area is 241 Å². The van der Waals surface area contributed by atoms with E-state index in [4.69, 9.17) is 11.6 Å².